The van der Waals surface area contributed by atoms with Gasteiger partial charge in [-0.15, -0.1) is 0 Å². The maximum atomic E-state index is 11.5. The Kier molecular flexibility index (Phi) is 4.93. The van der Waals surface area contributed by atoms with Crippen LogP contribution in [0.25, 0.3) is 0 Å². The van der Waals surface area contributed by atoms with E-state index in [1.807, 2.05) is 54.4 Å². The van der Waals surface area contributed by atoms with Crippen molar-refractivity contribution in [3.8, 4) is 0 Å². The smallest absolute Gasteiger partial charge is 0.309 e. The van der Waals surface area contributed by atoms with Gasteiger partial charge in [-0.2, -0.15) is 0 Å². The second kappa shape index (κ2) is 6.88. The van der Waals surface area contributed by atoms with Gasteiger partial charge in [0.25, 0.3) is 0 Å². The normalized spacial score (nSPS) is 15.8. The lowest BCUT2D eigenvalue weighted by Crippen LogP contribution is -2.29. The van der Waals surface area contributed by atoms with Crippen molar-refractivity contribution >= 4 is 12.3 Å². The predicted octanol–water partition coefficient (Wildman–Crippen LogP) is 2.64. The van der Waals surface area contributed by atoms with Crippen LogP contribution in [-0.2, 0) is 14.3 Å². The number of aldehydes is 1. The zero-order valence-corrected chi connectivity index (χ0v) is 12.3. The summed E-state index contributed by atoms with van der Waals surface area (Å²) in [6, 6.07) is 9.26. The third kappa shape index (κ3) is 3.60. The van der Waals surface area contributed by atoms with Gasteiger partial charge in [-0.25, -0.2) is 0 Å². The van der Waals surface area contributed by atoms with Gasteiger partial charge in [0.2, 0.25) is 0 Å². The number of hydrogen-bond acceptors (Lipinski definition) is 4. The molecular weight excluding hydrogens is 266 g/mol. The van der Waals surface area contributed by atoms with Crippen molar-refractivity contribution in [2.24, 2.45) is 0 Å². The number of carbonyl (C=O) groups excluding carboxylic acids is 2. The first-order chi connectivity index (χ1) is 10.2. The number of methoxy groups -OCH3 is 1. The molecule has 0 aromatic heterocycles. The van der Waals surface area contributed by atoms with Gasteiger partial charge in [0.1, 0.15) is 12.3 Å². The first kappa shape index (κ1) is 15.0. The van der Waals surface area contributed by atoms with Gasteiger partial charge in [0.15, 0.2) is 0 Å². The van der Waals surface area contributed by atoms with E-state index in [4.69, 9.17) is 4.74 Å². The summed E-state index contributed by atoms with van der Waals surface area (Å²) in [5.74, 6) is -0.262. The fraction of sp³-hybridized carbons (Fsp3) is 0.294. The molecule has 110 valence electrons. The second-order valence-corrected chi connectivity index (χ2v) is 5.02. The highest BCUT2D eigenvalue weighted by Gasteiger charge is 2.22. The quantitative estimate of drug-likeness (QED) is 0.616. The summed E-state index contributed by atoms with van der Waals surface area (Å²) >= 11 is 0. The van der Waals surface area contributed by atoms with Crippen molar-refractivity contribution in [3.05, 3.63) is 59.3 Å². The lowest BCUT2D eigenvalue weighted by atomic mass is 9.99. The SMILES string of the molecule is COC(=O)CC1=C(C)C=CN(C(C=O)c2ccccc2)C1. The third-order valence-electron chi connectivity index (χ3n) is 3.66. The molecular formula is C17H19NO3. The molecule has 0 amide bonds. The van der Waals surface area contributed by atoms with Gasteiger partial charge in [-0.05, 0) is 29.7 Å². The topological polar surface area (TPSA) is 46.6 Å². The molecule has 4 heteroatoms. The van der Waals surface area contributed by atoms with E-state index in [-0.39, 0.29) is 18.4 Å². The number of ether oxygens (including phenoxy) is 1. The summed E-state index contributed by atoms with van der Waals surface area (Å²) in [6.07, 6.45) is 5.02. The molecule has 0 bridgehead atoms. The largest absolute Gasteiger partial charge is 0.469 e. The molecule has 1 unspecified atom stereocenters. The van der Waals surface area contributed by atoms with Crippen molar-refractivity contribution in [2.75, 3.05) is 13.7 Å². The van der Waals surface area contributed by atoms with E-state index in [2.05, 4.69) is 0 Å². The van der Waals surface area contributed by atoms with Crippen molar-refractivity contribution in [1.82, 2.24) is 4.90 Å². The Balaban J connectivity index is 2.17. The Bertz CT molecular complexity index is 575. The molecule has 1 aromatic carbocycles. The van der Waals surface area contributed by atoms with Crippen LogP contribution in [0.5, 0.6) is 0 Å². The molecule has 0 N–H and O–H groups in total. The summed E-state index contributed by atoms with van der Waals surface area (Å²) in [4.78, 5) is 24.9. The molecule has 1 aliphatic rings. The molecule has 0 fully saturated rings. The lowest BCUT2D eigenvalue weighted by Gasteiger charge is -2.31. The van der Waals surface area contributed by atoms with E-state index in [9.17, 15) is 9.59 Å². The molecule has 4 nitrogen and oxygen atoms in total. The minimum Gasteiger partial charge on any atom is -0.469 e. The number of carbonyl (C=O) groups is 2. The average molecular weight is 285 g/mol. The molecule has 1 aromatic rings. The van der Waals surface area contributed by atoms with Crippen molar-refractivity contribution < 1.29 is 14.3 Å². The minimum atomic E-state index is -0.344. The van der Waals surface area contributed by atoms with E-state index in [0.29, 0.717) is 6.54 Å². The second-order valence-electron chi connectivity index (χ2n) is 5.02. The summed E-state index contributed by atoms with van der Waals surface area (Å²) in [7, 11) is 1.38. The summed E-state index contributed by atoms with van der Waals surface area (Å²) in [5.41, 5.74) is 2.97. The van der Waals surface area contributed by atoms with Crippen LogP contribution in [0.15, 0.2) is 53.8 Å². The van der Waals surface area contributed by atoms with Gasteiger partial charge in [0.05, 0.1) is 13.5 Å². The molecule has 0 radical (unpaired) electrons. The van der Waals surface area contributed by atoms with E-state index in [0.717, 1.165) is 23.0 Å². The average Bonchev–Trinajstić information content (AvgIpc) is 2.52. The van der Waals surface area contributed by atoms with Gasteiger partial charge in [-0.1, -0.05) is 30.3 Å². The van der Waals surface area contributed by atoms with E-state index in [1.165, 1.54) is 7.11 Å². The number of rotatable bonds is 5. The van der Waals surface area contributed by atoms with Crippen LogP contribution in [0.2, 0.25) is 0 Å². The highest BCUT2D eigenvalue weighted by molar-refractivity contribution is 5.73. The Labute approximate surface area is 124 Å². The van der Waals surface area contributed by atoms with Crippen LogP contribution in [0, 0.1) is 0 Å². The van der Waals surface area contributed by atoms with Crippen molar-refractivity contribution in [1.29, 1.82) is 0 Å². The monoisotopic (exact) mass is 285 g/mol. The molecule has 1 heterocycles. The Hall–Kier alpha value is -2.36. The molecule has 1 atom stereocenters. The van der Waals surface area contributed by atoms with Crippen molar-refractivity contribution in [2.45, 2.75) is 19.4 Å². The number of allylic oxidation sites excluding steroid dienone is 2. The number of esters is 1. The van der Waals surface area contributed by atoms with E-state index in [1.54, 1.807) is 0 Å². The lowest BCUT2D eigenvalue weighted by molar-refractivity contribution is -0.139. The molecule has 0 aliphatic carbocycles. The van der Waals surface area contributed by atoms with Crippen LogP contribution in [0.1, 0.15) is 24.9 Å². The van der Waals surface area contributed by atoms with Gasteiger partial charge in [-0.3, -0.25) is 4.79 Å². The first-order valence-electron chi connectivity index (χ1n) is 6.85. The zero-order chi connectivity index (χ0) is 15.2. The summed E-state index contributed by atoms with van der Waals surface area (Å²) in [6.45, 7) is 2.51. The maximum absolute atomic E-state index is 11.5. The Morgan fingerprint density at radius 2 is 2.10 bits per heavy atom. The summed E-state index contributed by atoms with van der Waals surface area (Å²) in [5, 5.41) is 0. The molecule has 0 saturated carbocycles. The molecule has 0 saturated heterocycles. The van der Waals surface area contributed by atoms with Gasteiger partial charge in [0, 0.05) is 12.7 Å². The number of nitrogens with zero attached hydrogens (tertiary/aromatic N) is 1. The standard InChI is InChI=1S/C17H19NO3/c1-13-8-9-18(11-15(13)10-17(20)21-2)16(12-19)14-6-4-3-5-7-14/h3-9,12,16H,10-11H2,1-2H3. The van der Waals surface area contributed by atoms with Crippen LogP contribution < -0.4 is 0 Å². The number of hydrogen-bond donors (Lipinski definition) is 0. The van der Waals surface area contributed by atoms with Crippen LogP contribution in [0.3, 0.4) is 0 Å². The third-order valence-corrected chi connectivity index (χ3v) is 3.66. The fourth-order valence-electron chi connectivity index (χ4n) is 2.35. The molecule has 2 rings (SSSR count). The Morgan fingerprint density at radius 3 is 2.71 bits per heavy atom. The first-order valence-corrected chi connectivity index (χ1v) is 6.85. The summed E-state index contributed by atoms with van der Waals surface area (Å²) < 4.78 is 4.72. The molecule has 21 heavy (non-hydrogen) atoms. The van der Waals surface area contributed by atoms with Crippen molar-refractivity contribution in [3.63, 3.8) is 0 Å². The molecule has 0 spiro atoms. The van der Waals surface area contributed by atoms with Gasteiger partial charge < -0.3 is 14.4 Å². The predicted molar refractivity (Wildman–Crippen MR) is 80.4 cm³/mol. The highest BCUT2D eigenvalue weighted by Crippen LogP contribution is 2.26. The minimum absolute atomic E-state index is 0.254. The van der Waals surface area contributed by atoms with E-state index < -0.39 is 0 Å². The maximum Gasteiger partial charge on any atom is 0.309 e. The molecule has 1 aliphatic heterocycles. The highest BCUT2D eigenvalue weighted by atomic mass is 16.5. The van der Waals surface area contributed by atoms with Crippen LogP contribution in [-0.4, -0.2) is 30.8 Å². The van der Waals surface area contributed by atoms with Crippen LogP contribution >= 0.6 is 0 Å². The Morgan fingerprint density at radius 1 is 1.38 bits per heavy atom. The zero-order valence-electron chi connectivity index (χ0n) is 12.3. The van der Waals surface area contributed by atoms with Crippen LogP contribution in [0.4, 0.5) is 0 Å². The van der Waals surface area contributed by atoms with E-state index >= 15 is 0 Å². The number of benzene rings is 1. The van der Waals surface area contributed by atoms with Gasteiger partial charge >= 0.3 is 5.97 Å². The fourth-order valence-corrected chi connectivity index (χ4v) is 2.35.